The Hall–Kier alpha value is -1.56. The Labute approximate surface area is 132 Å². The summed E-state index contributed by atoms with van der Waals surface area (Å²) < 4.78 is 0.803. The van der Waals surface area contributed by atoms with Crippen LogP contribution in [0.1, 0.15) is 35.2 Å². The van der Waals surface area contributed by atoms with E-state index in [0.29, 0.717) is 36.7 Å². The molecule has 1 heterocycles. The van der Waals surface area contributed by atoms with Crippen molar-refractivity contribution in [2.45, 2.75) is 26.2 Å². The van der Waals surface area contributed by atoms with Gasteiger partial charge in [-0.2, -0.15) is 0 Å². The van der Waals surface area contributed by atoms with Crippen LogP contribution in [0.5, 0.6) is 0 Å². The second-order valence-electron chi connectivity index (χ2n) is 5.57. The number of anilines is 1. The number of carbonyl (C=O) groups is 2. The number of carbonyl (C=O) groups excluding carboxylic acids is 2. The second kappa shape index (κ2) is 6.47. The first-order chi connectivity index (χ1) is 9.88. The average Bonchev–Trinajstić information content (AvgIpc) is 2.42. The van der Waals surface area contributed by atoms with Crippen molar-refractivity contribution in [3.63, 3.8) is 0 Å². The van der Waals surface area contributed by atoms with E-state index in [9.17, 15) is 9.59 Å². The molecule has 4 N–H and O–H groups in total. The number of piperidine rings is 1. The average molecular weight is 354 g/mol. The topological polar surface area (TPSA) is 89.4 Å². The van der Waals surface area contributed by atoms with Gasteiger partial charge in [0.2, 0.25) is 5.91 Å². The molecule has 2 amide bonds. The third kappa shape index (κ3) is 3.75. The highest BCUT2D eigenvalue weighted by Crippen LogP contribution is 2.26. The monoisotopic (exact) mass is 353 g/mol. The number of hydrogen-bond acceptors (Lipinski definition) is 3. The van der Waals surface area contributed by atoms with Crippen molar-refractivity contribution in [2.24, 2.45) is 11.7 Å². The first kappa shape index (κ1) is 15.8. The molecule has 0 saturated carbocycles. The van der Waals surface area contributed by atoms with Crippen molar-refractivity contribution in [3.8, 4) is 0 Å². The molecule has 114 valence electrons. The van der Waals surface area contributed by atoms with Gasteiger partial charge in [0, 0.05) is 35.2 Å². The molecule has 0 radical (unpaired) electrons. The van der Waals surface area contributed by atoms with Crippen LogP contribution in [0.2, 0.25) is 0 Å². The molecule has 0 bridgehead atoms. The highest BCUT2D eigenvalue weighted by atomic mass is 79.9. The van der Waals surface area contributed by atoms with E-state index in [1.807, 2.05) is 17.9 Å². The molecule has 0 spiro atoms. The van der Waals surface area contributed by atoms with Gasteiger partial charge in [0.15, 0.2) is 0 Å². The van der Waals surface area contributed by atoms with E-state index in [0.717, 1.165) is 22.9 Å². The Morgan fingerprint density at radius 1 is 1.33 bits per heavy atom. The van der Waals surface area contributed by atoms with Gasteiger partial charge in [-0.25, -0.2) is 0 Å². The molecule has 6 heteroatoms. The van der Waals surface area contributed by atoms with Crippen molar-refractivity contribution >= 4 is 33.4 Å². The van der Waals surface area contributed by atoms with Crippen LogP contribution in [0.3, 0.4) is 0 Å². The van der Waals surface area contributed by atoms with Crippen LogP contribution in [-0.4, -0.2) is 29.8 Å². The minimum Gasteiger partial charge on any atom is -0.398 e. The summed E-state index contributed by atoms with van der Waals surface area (Å²) >= 11 is 3.37. The number of halogens is 1. The van der Waals surface area contributed by atoms with Crippen molar-refractivity contribution in [1.29, 1.82) is 0 Å². The molecule has 5 nitrogen and oxygen atoms in total. The number of nitrogens with two attached hydrogens (primary N) is 2. The minimum atomic E-state index is -0.268. The number of likely N-dealkylation sites (tertiary alicyclic amines) is 1. The van der Waals surface area contributed by atoms with Crippen LogP contribution in [0.4, 0.5) is 5.69 Å². The Morgan fingerprint density at radius 3 is 2.52 bits per heavy atom. The standard InChI is InChI=1S/C15H20BrN3O2/c1-9-12(7-11(16)8-13(9)17)15(21)19-4-2-10(3-5-19)6-14(18)20/h7-8,10H,2-6,17H2,1H3,(H2,18,20). The van der Waals surface area contributed by atoms with Crippen molar-refractivity contribution in [2.75, 3.05) is 18.8 Å². The molecule has 0 atom stereocenters. The summed E-state index contributed by atoms with van der Waals surface area (Å²) in [5.41, 5.74) is 13.2. The maximum atomic E-state index is 12.6. The highest BCUT2D eigenvalue weighted by molar-refractivity contribution is 9.10. The molecular formula is C15H20BrN3O2. The predicted octanol–water partition coefficient (Wildman–Crippen LogP) is 2.07. The molecule has 0 aliphatic carbocycles. The number of rotatable bonds is 3. The van der Waals surface area contributed by atoms with Gasteiger partial charge >= 0.3 is 0 Å². The first-order valence-electron chi connectivity index (χ1n) is 7.01. The molecular weight excluding hydrogens is 334 g/mol. The van der Waals surface area contributed by atoms with Gasteiger partial charge in [0.1, 0.15) is 0 Å². The summed E-state index contributed by atoms with van der Waals surface area (Å²) in [4.78, 5) is 25.4. The predicted molar refractivity (Wildman–Crippen MR) is 85.7 cm³/mol. The van der Waals surface area contributed by atoms with Crippen LogP contribution in [0, 0.1) is 12.8 Å². The normalized spacial score (nSPS) is 16.0. The zero-order chi connectivity index (χ0) is 15.6. The Morgan fingerprint density at radius 2 is 1.95 bits per heavy atom. The Bertz CT molecular complexity index is 566. The summed E-state index contributed by atoms with van der Waals surface area (Å²) in [7, 11) is 0. The van der Waals surface area contributed by atoms with Gasteiger partial charge < -0.3 is 16.4 Å². The zero-order valence-electron chi connectivity index (χ0n) is 12.1. The van der Waals surface area contributed by atoms with Gasteiger partial charge in [-0.1, -0.05) is 15.9 Å². The van der Waals surface area contributed by atoms with Crippen molar-refractivity contribution in [1.82, 2.24) is 4.90 Å². The van der Waals surface area contributed by atoms with Gasteiger partial charge in [0.25, 0.3) is 5.91 Å². The number of amides is 2. The van der Waals surface area contributed by atoms with E-state index < -0.39 is 0 Å². The number of nitrogens with zero attached hydrogens (tertiary/aromatic N) is 1. The van der Waals surface area contributed by atoms with E-state index in [2.05, 4.69) is 15.9 Å². The Balaban J connectivity index is 2.07. The molecule has 1 aliphatic rings. The quantitative estimate of drug-likeness (QED) is 0.815. The first-order valence-corrected chi connectivity index (χ1v) is 7.81. The molecule has 2 rings (SSSR count). The second-order valence-corrected chi connectivity index (χ2v) is 6.49. The van der Waals surface area contributed by atoms with Crippen LogP contribution in [0.15, 0.2) is 16.6 Å². The molecule has 1 aromatic rings. The fourth-order valence-corrected chi connectivity index (χ4v) is 3.19. The maximum Gasteiger partial charge on any atom is 0.254 e. The number of nitrogen functional groups attached to an aromatic ring is 1. The number of primary amides is 1. The third-order valence-corrected chi connectivity index (χ3v) is 4.49. The van der Waals surface area contributed by atoms with E-state index in [1.165, 1.54) is 0 Å². The number of benzene rings is 1. The summed E-state index contributed by atoms with van der Waals surface area (Å²) in [5.74, 6) is 0.0219. The van der Waals surface area contributed by atoms with Crippen LogP contribution >= 0.6 is 15.9 Å². The smallest absolute Gasteiger partial charge is 0.254 e. The lowest BCUT2D eigenvalue weighted by atomic mass is 9.92. The highest BCUT2D eigenvalue weighted by Gasteiger charge is 2.25. The van der Waals surface area contributed by atoms with Crippen LogP contribution < -0.4 is 11.5 Å². The zero-order valence-corrected chi connectivity index (χ0v) is 13.6. The molecule has 1 saturated heterocycles. The molecule has 1 fully saturated rings. The SMILES string of the molecule is Cc1c(N)cc(Br)cc1C(=O)N1CCC(CC(N)=O)CC1. The van der Waals surface area contributed by atoms with Gasteiger partial charge in [-0.05, 0) is 43.4 Å². The number of hydrogen-bond donors (Lipinski definition) is 2. The fourth-order valence-electron chi connectivity index (χ4n) is 2.72. The molecule has 21 heavy (non-hydrogen) atoms. The molecule has 1 aromatic carbocycles. The summed E-state index contributed by atoms with van der Waals surface area (Å²) in [6, 6.07) is 3.61. The minimum absolute atomic E-state index is 0.00183. The van der Waals surface area contributed by atoms with E-state index in [-0.39, 0.29) is 11.8 Å². The summed E-state index contributed by atoms with van der Waals surface area (Å²) in [5, 5.41) is 0. The molecule has 1 aliphatic heterocycles. The lowest BCUT2D eigenvalue weighted by Gasteiger charge is -2.32. The lowest BCUT2D eigenvalue weighted by molar-refractivity contribution is -0.119. The molecule has 0 unspecified atom stereocenters. The van der Waals surface area contributed by atoms with Crippen molar-refractivity contribution < 1.29 is 9.59 Å². The summed E-state index contributed by atoms with van der Waals surface area (Å²) in [6.45, 7) is 3.17. The maximum absolute atomic E-state index is 12.6. The van der Waals surface area contributed by atoms with Crippen LogP contribution in [0.25, 0.3) is 0 Å². The van der Waals surface area contributed by atoms with E-state index >= 15 is 0 Å². The van der Waals surface area contributed by atoms with E-state index in [1.54, 1.807) is 6.07 Å². The molecule has 0 aromatic heterocycles. The largest absolute Gasteiger partial charge is 0.398 e. The van der Waals surface area contributed by atoms with Crippen LogP contribution in [-0.2, 0) is 4.79 Å². The summed E-state index contributed by atoms with van der Waals surface area (Å²) in [6.07, 6.45) is 2.04. The Kier molecular flexibility index (Phi) is 4.88. The van der Waals surface area contributed by atoms with Gasteiger partial charge in [-0.15, -0.1) is 0 Å². The fraction of sp³-hybridized carbons (Fsp3) is 0.467. The van der Waals surface area contributed by atoms with Gasteiger partial charge in [0.05, 0.1) is 0 Å². The van der Waals surface area contributed by atoms with E-state index in [4.69, 9.17) is 11.5 Å². The lowest BCUT2D eigenvalue weighted by Crippen LogP contribution is -2.39. The van der Waals surface area contributed by atoms with Gasteiger partial charge in [-0.3, -0.25) is 9.59 Å². The third-order valence-electron chi connectivity index (χ3n) is 4.03. The van der Waals surface area contributed by atoms with Crippen molar-refractivity contribution in [3.05, 3.63) is 27.7 Å².